The molecule has 0 bridgehead atoms. The first-order valence-corrected chi connectivity index (χ1v) is 11.1. The van der Waals surface area contributed by atoms with Crippen molar-refractivity contribution in [3.63, 3.8) is 0 Å². The third-order valence-corrected chi connectivity index (χ3v) is 6.05. The van der Waals surface area contributed by atoms with Crippen molar-refractivity contribution in [1.29, 1.82) is 0 Å². The third kappa shape index (κ3) is 6.25. The van der Waals surface area contributed by atoms with E-state index in [1.165, 1.54) is 5.56 Å². The summed E-state index contributed by atoms with van der Waals surface area (Å²) >= 11 is 3.45. The van der Waals surface area contributed by atoms with E-state index < -0.39 is 0 Å². The Hall–Kier alpha value is -1.98. The van der Waals surface area contributed by atoms with Gasteiger partial charge in [0, 0.05) is 16.0 Å². The Morgan fingerprint density at radius 2 is 1.72 bits per heavy atom. The number of anilines is 1. The molecule has 0 unspecified atom stereocenters. The zero-order valence-electron chi connectivity index (χ0n) is 17.2. The number of ketones is 1. The highest BCUT2D eigenvalue weighted by Crippen LogP contribution is 2.24. The van der Waals surface area contributed by atoms with Gasteiger partial charge in [-0.1, -0.05) is 50.2 Å². The van der Waals surface area contributed by atoms with Crippen LogP contribution in [0.25, 0.3) is 0 Å². The van der Waals surface area contributed by atoms with E-state index in [4.69, 9.17) is 0 Å². The van der Waals surface area contributed by atoms with Crippen molar-refractivity contribution in [2.45, 2.75) is 33.1 Å². The van der Waals surface area contributed by atoms with Crippen LogP contribution in [0.15, 0.2) is 53.0 Å². The number of Topliss-reactive ketones (excluding diaryl/α,β-unsaturated/α-hetero) is 1. The lowest BCUT2D eigenvalue weighted by Crippen LogP contribution is -2.40. The zero-order valence-corrected chi connectivity index (χ0v) is 18.7. The molecular formula is C24H29BrN2O2. The molecule has 0 atom stereocenters. The van der Waals surface area contributed by atoms with Crippen LogP contribution in [0.4, 0.5) is 5.69 Å². The van der Waals surface area contributed by atoms with Gasteiger partial charge in [0.05, 0.1) is 12.2 Å². The highest BCUT2D eigenvalue weighted by Gasteiger charge is 2.26. The molecule has 2 aromatic carbocycles. The van der Waals surface area contributed by atoms with Gasteiger partial charge >= 0.3 is 0 Å². The number of piperidine rings is 1. The van der Waals surface area contributed by atoms with Crippen LogP contribution in [-0.2, 0) is 11.2 Å². The summed E-state index contributed by atoms with van der Waals surface area (Å²) in [6.07, 6.45) is 2.64. The molecule has 5 heteroatoms. The Morgan fingerprint density at radius 3 is 2.34 bits per heavy atom. The summed E-state index contributed by atoms with van der Waals surface area (Å²) < 4.78 is 0.872. The van der Waals surface area contributed by atoms with Crippen LogP contribution in [0, 0.1) is 11.8 Å². The molecule has 0 saturated carbocycles. The first-order valence-electron chi connectivity index (χ1n) is 10.3. The largest absolute Gasteiger partial charge is 0.324 e. The molecule has 1 fully saturated rings. The molecule has 1 aliphatic rings. The Morgan fingerprint density at radius 1 is 1.07 bits per heavy atom. The normalized spacial score (nSPS) is 15.4. The number of rotatable bonds is 7. The number of halogens is 1. The van der Waals surface area contributed by atoms with E-state index in [0.29, 0.717) is 12.5 Å². The number of carbonyl (C=O) groups excluding carboxylic acids is 2. The maximum Gasteiger partial charge on any atom is 0.238 e. The molecule has 154 valence electrons. The van der Waals surface area contributed by atoms with E-state index in [-0.39, 0.29) is 17.6 Å². The van der Waals surface area contributed by atoms with Gasteiger partial charge < -0.3 is 5.32 Å². The summed E-state index contributed by atoms with van der Waals surface area (Å²) in [5.41, 5.74) is 2.87. The summed E-state index contributed by atoms with van der Waals surface area (Å²) in [7, 11) is 0. The van der Waals surface area contributed by atoms with Crippen molar-refractivity contribution >= 4 is 33.3 Å². The Balaban J connectivity index is 1.48. The minimum Gasteiger partial charge on any atom is -0.324 e. The third-order valence-electron chi connectivity index (χ3n) is 5.36. The average molecular weight is 457 g/mol. The van der Waals surface area contributed by atoms with E-state index in [1.54, 1.807) is 0 Å². The fourth-order valence-electron chi connectivity index (χ4n) is 3.82. The van der Waals surface area contributed by atoms with E-state index in [0.717, 1.165) is 48.1 Å². The molecule has 2 aromatic rings. The summed E-state index contributed by atoms with van der Waals surface area (Å²) in [6, 6.07) is 15.7. The van der Waals surface area contributed by atoms with Crippen LogP contribution in [0.2, 0.25) is 0 Å². The van der Waals surface area contributed by atoms with Crippen LogP contribution in [-0.4, -0.2) is 36.2 Å². The molecule has 0 spiro atoms. The lowest BCUT2D eigenvalue weighted by molar-refractivity contribution is -0.117. The van der Waals surface area contributed by atoms with Crippen molar-refractivity contribution in [1.82, 2.24) is 4.90 Å². The summed E-state index contributed by atoms with van der Waals surface area (Å²) in [4.78, 5) is 27.3. The minimum atomic E-state index is -0.0255. The van der Waals surface area contributed by atoms with Gasteiger partial charge in [0.15, 0.2) is 5.78 Å². The first-order chi connectivity index (χ1) is 13.9. The molecule has 1 heterocycles. The van der Waals surface area contributed by atoms with Crippen molar-refractivity contribution in [2.24, 2.45) is 11.8 Å². The lowest BCUT2D eigenvalue weighted by atomic mass is 9.88. The first kappa shape index (κ1) is 21.7. The molecule has 1 saturated heterocycles. The Labute approximate surface area is 181 Å². The smallest absolute Gasteiger partial charge is 0.238 e. The minimum absolute atomic E-state index is 0.0255. The second kappa shape index (κ2) is 10.2. The van der Waals surface area contributed by atoms with Gasteiger partial charge in [-0.2, -0.15) is 0 Å². The summed E-state index contributed by atoms with van der Waals surface area (Å²) in [6.45, 7) is 6.29. The predicted octanol–water partition coefficient (Wildman–Crippen LogP) is 5.18. The average Bonchev–Trinajstić information content (AvgIpc) is 2.70. The van der Waals surface area contributed by atoms with Gasteiger partial charge in [-0.05, 0) is 71.9 Å². The van der Waals surface area contributed by atoms with E-state index in [9.17, 15) is 9.59 Å². The van der Waals surface area contributed by atoms with E-state index in [2.05, 4.69) is 52.1 Å². The number of benzene rings is 2. The Bertz CT molecular complexity index is 840. The number of nitrogens with zero attached hydrogens (tertiary/aromatic N) is 1. The van der Waals surface area contributed by atoms with Crippen LogP contribution in [0.1, 0.15) is 42.6 Å². The maximum absolute atomic E-state index is 12.8. The Kier molecular flexibility index (Phi) is 7.62. The summed E-state index contributed by atoms with van der Waals surface area (Å²) in [5.74, 6) is 0.871. The van der Waals surface area contributed by atoms with Crippen molar-refractivity contribution < 1.29 is 9.59 Å². The predicted molar refractivity (Wildman–Crippen MR) is 121 cm³/mol. The van der Waals surface area contributed by atoms with E-state index in [1.807, 2.05) is 36.4 Å². The second-order valence-corrected chi connectivity index (χ2v) is 9.09. The van der Waals surface area contributed by atoms with Crippen LogP contribution < -0.4 is 5.32 Å². The van der Waals surface area contributed by atoms with Crippen LogP contribution in [0.5, 0.6) is 0 Å². The number of nitrogens with one attached hydrogen (secondary N) is 1. The standard InChI is InChI=1S/C24H29BrN2O2/c1-17(2)15-18-7-9-19(10-8-18)24(29)20-11-13-27(14-12-20)16-23(28)26-22-6-4-3-5-21(22)25/h3-10,17,20H,11-16H2,1-2H3,(H,26,28). The van der Waals surface area contributed by atoms with E-state index >= 15 is 0 Å². The topological polar surface area (TPSA) is 49.4 Å². The van der Waals surface area contributed by atoms with Crippen LogP contribution >= 0.6 is 15.9 Å². The SMILES string of the molecule is CC(C)Cc1ccc(C(=O)C2CCN(CC(=O)Nc3ccccc3Br)CC2)cc1. The molecule has 0 aromatic heterocycles. The van der Waals surface area contributed by atoms with Gasteiger partial charge in [0.25, 0.3) is 0 Å². The molecule has 1 N–H and O–H groups in total. The molecule has 0 radical (unpaired) electrons. The molecule has 29 heavy (non-hydrogen) atoms. The number of amides is 1. The molecule has 1 amide bonds. The van der Waals surface area contributed by atoms with Crippen molar-refractivity contribution in [3.05, 3.63) is 64.1 Å². The van der Waals surface area contributed by atoms with Gasteiger partial charge in [-0.15, -0.1) is 0 Å². The quantitative estimate of drug-likeness (QED) is 0.583. The maximum atomic E-state index is 12.8. The highest BCUT2D eigenvalue weighted by atomic mass is 79.9. The number of para-hydroxylation sites is 1. The molecule has 1 aliphatic heterocycles. The highest BCUT2D eigenvalue weighted by molar-refractivity contribution is 9.10. The summed E-state index contributed by atoms with van der Waals surface area (Å²) in [5, 5.41) is 2.94. The number of hydrogen-bond donors (Lipinski definition) is 1. The van der Waals surface area contributed by atoms with Crippen molar-refractivity contribution in [3.8, 4) is 0 Å². The van der Waals surface area contributed by atoms with Gasteiger partial charge in [0.1, 0.15) is 0 Å². The number of likely N-dealkylation sites (tertiary alicyclic amines) is 1. The van der Waals surface area contributed by atoms with Gasteiger partial charge in [-0.3, -0.25) is 14.5 Å². The number of hydrogen-bond acceptors (Lipinski definition) is 3. The molecule has 0 aliphatic carbocycles. The number of carbonyl (C=O) groups is 2. The fraction of sp³-hybridized carbons (Fsp3) is 0.417. The second-order valence-electron chi connectivity index (χ2n) is 8.24. The van der Waals surface area contributed by atoms with Gasteiger partial charge in [0.2, 0.25) is 5.91 Å². The molecule has 3 rings (SSSR count). The fourth-order valence-corrected chi connectivity index (χ4v) is 4.20. The van der Waals surface area contributed by atoms with Crippen molar-refractivity contribution in [2.75, 3.05) is 25.0 Å². The monoisotopic (exact) mass is 456 g/mol. The van der Waals surface area contributed by atoms with Gasteiger partial charge in [-0.25, -0.2) is 0 Å². The van der Waals surface area contributed by atoms with Crippen LogP contribution in [0.3, 0.4) is 0 Å². The molecular weight excluding hydrogens is 428 g/mol. The zero-order chi connectivity index (χ0) is 20.8. The lowest BCUT2D eigenvalue weighted by Gasteiger charge is -2.30. The molecule has 4 nitrogen and oxygen atoms in total.